The molecule has 0 radical (unpaired) electrons. The first-order valence-corrected chi connectivity index (χ1v) is 11.2. The third kappa shape index (κ3) is 4.60. The second kappa shape index (κ2) is 9.53. The molecule has 1 atom stereocenters. The van der Waals surface area contributed by atoms with Crippen molar-refractivity contribution in [3.05, 3.63) is 57.3 Å². The zero-order chi connectivity index (χ0) is 21.8. The molecule has 2 aromatic heterocycles. The first kappa shape index (κ1) is 21.4. The van der Waals surface area contributed by atoms with Gasteiger partial charge in [0.15, 0.2) is 11.5 Å². The van der Waals surface area contributed by atoms with E-state index in [2.05, 4.69) is 9.88 Å². The van der Waals surface area contributed by atoms with E-state index in [4.69, 9.17) is 19.2 Å². The van der Waals surface area contributed by atoms with Crippen LogP contribution in [0.4, 0.5) is 0 Å². The summed E-state index contributed by atoms with van der Waals surface area (Å²) in [6, 6.07) is 9.50. The van der Waals surface area contributed by atoms with Gasteiger partial charge in [-0.3, -0.25) is 9.69 Å². The first-order valence-electron chi connectivity index (χ1n) is 10.3. The number of likely N-dealkylation sites (tertiary alicyclic amines) is 1. The van der Waals surface area contributed by atoms with Crippen molar-refractivity contribution in [1.82, 2.24) is 14.9 Å². The van der Waals surface area contributed by atoms with Crippen LogP contribution in [-0.2, 0) is 6.54 Å². The van der Waals surface area contributed by atoms with Gasteiger partial charge in [-0.25, -0.2) is 4.98 Å². The fraction of sp³-hybridized carbons (Fsp3) is 0.391. The van der Waals surface area contributed by atoms with Gasteiger partial charge in [0.1, 0.15) is 5.82 Å². The highest BCUT2D eigenvalue weighted by Crippen LogP contribution is 2.40. The Hall–Kier alpha value is -2.84. The molecule has 3 heterocycles. The molecule has 0 saturated carbocycles. The molecule has 1 aliphatic rings. The average Bonchev–Trinajstić information content (AvgIpc) is 3.33. The minimum absolute atomic E-state index is 0.105. The number of rotatable bonds is 7. The second-order valence-electron chi connectivity index (χ2n) is 7.56. The number of hydrogen-bond acceptors (Lipinski definition) is 7. The summed E-state index contributed by atoms with van der Waals surface area (Å²) in [5, 5.41) is 1.99. The van der Waals surface area contributed by atoms with Crippen LogP contribution in [0.3, 0.4) is 0 Å². The monoisotopic (exact) mass is 441 g/mol. The number of nitrogens with one attached hydrogen (secondary N) is 1. The molecule has 7 nitrogen and oxygen atoms in total. The highest BCUT2D eigenvalue weighted by Gasteiger charge is 2.25. The summed E-state index contributed by atoms with van der Waals surface area (Å²) in [5.41, 5.74) is 1.79. The topological polar surface area (TPSA) is 76.7 Å². The van der Waals surface area contributed by atoms with Crippen molar-refractivity contribution in [2.75, 3.05) is 34.4 Å². The van der Waals surface area contributed by atoms with Gasteiger partial charge in [0, 0.05) is 30.6 Å². The van der Waals surface area contributed by atoms with Crippen molar-refractivity contribution in [3.63, 3.8) is 0 Å². The van der Waals surface area contributed by atoms with E-state index in [0.29, 0.717) is 23.1 Å². The minimum atomic E-state index is -0.105. The van der Waals surface area contributed by atoms with Gasteiger partial charge in [0.25, 0.3) is 5.56 Å². The molecule has 8 heteroatoms. The molecule has 0 spiro atoms. The van der Waals surface area contributed by atoms with Crippen LogP contribution < -0.4 is 19.8 Å². The fourth-order valence-corrected chi connectivity index (χ4v) is 4.85. The Labute approximate surface area is 185 Å². The Balaban J connectivity index is 1.56. The van der Waals surface area contributed by atoms with E-state index < -0.39 is 0 Å². The summed E-state index contributed by atoms with van der Waals surface area (Å²) < 4.78 is 16.6. The van der Waals surface area contributed by atoms with Crippen LogP contribution in [0.5, 0.6) is 17.2 Å². The molecular formula is C23H27N3O4S. The van der Waals surface area contributed by atoms with Crippen molar-refractivity contribution in [2.45, 2.75) is 25.3 Å². The largest absolute Gasteiger partial charge is 0.493 e. The average molecular weight is 442 g/mol. The lowest BCUT2D eigenvalue weighted by molar-refractivity contribution is 0.195. The van der Waals surface area contributed by atoms with E-state index in [9.17, 15) is 4.79 Å². The summed E-state index contributed by atoms with van der Waals surface area (Å²) in [4.78, 5) is 23.3. The molecule has 0 amide bonds. The van der Waals surface area contributed by atoms with Gasteiger partial charge < -0.3 is 19.2 Å². The predicted octanol–water partition coefficient (Wildman–Crippen LogP) is 3.90. The maximum absolute atomic E-state index is 12.3. The van der Waals surface area contributed by atoms with E-state index in [1.165, 1.54) is 0 Å². The van der Waals surface area contributed by atoms with Gasteiger partial charge >= 0.3 is 0 Å². The number of hydrogen-bond donors (Lipinski definition) is 1. The maximum Gasteiger partial charge on any atom is 0.251 e. The number of methoxy groups -OCH3 is 3. The molecule has 4 rings (SSSR count). The number of benzene rings is 1. The summed E-state index contributed by atoms with van der Waals surface area (Å²) in [7, 11) is 4.88. The van der Waals surface area contributed by atoms with E-state index >= 15 is 0 Å². The van der Waals surface area contributed by atoms with Crippen LogP contribution in [0, 0.1) is 0 Å². The molecule has 1 aliphatic heterocycles. The molecule has 3 aromatic rings. The fourth-order valence-electron chi connectivity index (χ4n) is 4.18. The highest BCUT2D eigenvalue weighted by atomic mass is 32.1. The number of ether oxygens (including phenoxy) is 3. The lowest BCUT2D eigenvalue weighted by Gasteiger charge is -2.33. The number of thiophene rings is 1. The normalized spacial score (nSPS) is 16.8. The van der Waals surface area contributed by atoms with Crippen molar-refractivity contribution < 1.29 is 14.2 Å². The quantitative estimate of drug-likeness (QED) is 0.599. The van der Waals surface area contributed by atoms with Crippen LogP contribution in [0.1, 0.15) is 30.0 Å². The van der Waals surface area contributed by atoms with Gasteiger partial charge in [-0.15, -0.1) is 11.3 Å². The summed E-state index contributed by atoms with van der Waals surface area (Å²) in [6.45, 7) is 2.54. The van der Waals surface area contributed by atoms with Crippen molar-refractivity contribution in [3.8, 4) is 28.0 Å². The smallest absolute Gasteiger partial charge is 0.251 e. The Morgan fingerprint density at radius 2 is 2.00 bits per heavy atom. The number of aromatic amines is 1. The number of piperidine rings is 1. The maximum atomic E-state index is 12.3. The number of aromatic nitrogens is 2. The molecule has 164 valence electrons. The van der Waals surface area contributed by atoms with Crippen molar-refractivity contribution in [1.29, 1.82) is 0 Å². The Morgan fingerprint density at radius 3 is 2.71 bits per heavy atom. The second-order valence-corrected chi connectivity index (χ2v) is 8.51. The van der Waals surface area contributed by atoms with Gasteiger partial charge in [-0.05, 0) is 36.9 Å². The van der Waals surface area contributed by atoms with Crippen LogP contribution in [0.15, 0.2) is 40.5 Å². The highest BCUT2D eigenvalue weighted by molar-refractivity contribution is 7.13. The Morgan fingerprint density at radius 1 is 1.16 bits per heavy atom. The molecule has 0 bridgehead atoms. The third-order valence-electron chi connectivity index (χ3n) is 5.62. The summed E-state index contributed by atoms with van der Waals surface area (Å²) >= 11 is 1.57. The van der Waals surface area contributed by atoms with Crippen molar-refractivity contribution in [2.24, 2.45) is 0 Å². The molecule has 1 unspecified atom stereocenters. The Kier molecular flexibility index (Phi) is 6.58. The minimum Gasteiger partial charge on any atom is -0.493 e. The van der Waals surface area contributed by atoms with Crippen LogP contribution in [0.25, 0.3) is 10.7 Å². The van der Waals surface area contributed by atoms with Gasteiger partial charge in [-0.1, -0.05) is 12.1 Å². The zero-order valence-electron chi connectivity index (χ0n) is 18.0. The number of H-pyrrole nitrogens is 1. The number of nitrogens with zero attached hydrogens (tertiary/aromatic N) is 2. The van der Waals surface area contributed by atoms with Crippen LogP contribution in [-0.4, -0.2) is 49.3 Å². The lowest BCUT2D eigenvalue weighted by Crippen LogP contribution is -2.34. The summed E-state index contributed by atoms with van der Waals surface area (Å²) in [5.74, 6) is 2.80. The molecule has 1 N–H and O–H groups in total. The standard InChI is InChI=1S/C23H27N3O4S/c1-28-18-9-8-16(21(29-2)22(18)30-3)14-26-10-4-6-15(13-26)17-12-20(27)25-23(24-17)19-7-5-11-31-19/h5,7-9,11-12,15H,4,6,10,13-14H2,1-3H3,(H,24,25,27). The SMILES string of the molecule is COc1ccc(CN2CCCC(c3cc(=O)[nH]c(-c4cccs4)n3)C2)c(OC)c1OC. The molecule has 1 saturated heterocycles. The van der Waals surface area contributed by atoms with Gasteiger partial charge in [-0.2, -0.15) is 0 Å². The van der Waals surface area contributed by atoms with Crippen molar-refractivity contribution >= 4 is 11.3 Å². The Bertz CT molecular complexity index is 1080. The first-order chi connectivity index (χ1) is 15.1. The molecule has 31 heavy (non-hydrogen) atoms. The zero-order valence-corrected chi connectivity index (χ0v) is 18.8. The van der Waals surface area contributed by atoms with E-state index in [-0.39, 0.29) is 11.5 Å². The third-order valence-corrected chi connectivity index (χ3v) is 6.50. The van der Waals surface area contributed by atoms with Gasteiger partial charge in [0.2, 0.25) is 5.75 Å². The van der Waals surface area contributed by atoms with Gasteiger partial charge in [0.05, 0.1) is 31.9 Å². The van der Waals surface area contributed by atoms with E-state index in [1.807, 2.05) is 29.6 Å². The van der Waals surface area contributed by atoms with Crippen LogP contribution in [0.2, 0.25) is 0 Å². The molecule has 1 fully saturated rings. The molecule has 0 aliphatic carbocycles. The van der Waals surface area contributed by atoms with E-state index in [0.717, 1.165) is 48.6 Å². The van der Waals surface area contributed by atoms with Crippen LogP contribution >= 0.6 is 11.3 Å². The summed E-state index contributed by atoms with van der Waals surface area (Å²) in [6.07, 6.45) is 2.06. The predicted molar refractivity (Wildman–Crippen MR) is 122 cm³/mol. The molecular weight excluding hydrogens is 414 g/mol. The lowest BCUT2D eigenvalue weighted by atomic mass is 9.94. The van der Waals surface area contributed by atoms with E-state index in [1.54, 1.807) is 38.7 Å². The molecule has 1 aromatic carbocycles.